The van der Waals surface area contributed by atoms with Crippen molar-refractivity contribution in [1.82, 2.24) is 9.97 Å². The molecule has 1 aromatic heterocycles. The van der Waals surface area contributed by atoms with Gasteiger partial charge in [0.05, 0.1) is 12.1 Å². The lowest BCUT2D eigenvalue weighted by Crippen LogP contribution is -2.46. The first-order valence-electron chi connectivity index (χ1n) is 4.82. The molecule has 1 aromatic rings. The summed E-state index contributed by atoms with van der Waals surface area (Å²) in [6.07, 6.45) is 3.70. The molecule has 0 aliphatic rings. The number of carbonyl (C=O) groups is 1. The van der Waals surface area contributed by atoms with Gasteiger partial charge in [-0.2, -0.15) is 0 Å². The van der Waals surface area contributed by atoms with Gasteiger partial charge in [0.2, 0.25) is 0 Å². The topological polar surface area (TPSA) is 78.1 Å². The molecular formula is C10H15N3O2S. The van der Waals surface area contributed by atoms with Crippen LogP contribution in [0.5, 0.6) is 0 Å². The Hall–Kier alpha value is -1.14. The summed E-state index contributed by atoms with van der Waals surface area (Å²) in [6.45, 7) is 1.67. The first kappa shape index (κ1) is 12.9. The van der Waals surface area contributed by atoms with Crippen LogP contribution in [-0.2, 0) is 9.53 Å². The number of thioether (sulfide) groups is 1. The Balaban J connectivity index is 2.38. The number of rotatable bonds is 5. The second kappa shape index (κ2) is 5.81. The number of nitrogens with zero attached hydrogens (tertiary/aromatic N) is 2. The molecule has 88 valence electrons. The summed E-state index contributed by atoms with van der Waals surface area (Å²) in [5.74, 6) is 0.315. The van der Waals surface area contributed by atoms with Gasteiger partial charge in [0.1, 0.15) is 11.9 Å². The van der Waals surface area contributed by atoms with Crippen molar-refractivity contribution >= 4 is 17.7 Å². The van der Waals surface area contributed by atoms with Crippen LogP contribution in [0.3, 0.4) is 0 Å². The molecule has 0 aliphatic carbocycles. The van der Waals surface area contributed by atoms with E-state index in [0.717, 1.165) is 5.03 Å². The fraction of sp³-hybridized carbons (Fsp3) is 0.500. The zero-order chi connectivity index (χ0) is 12.0. The van der Waals surface area contributed by atoms with Crippen LogP contribution < -0.4 is 5.73 Å². The highest BCUT2D eigenvalue weighted by molar-refractivity contribution is 7.99. The normalized spacial score (nSPS) is 14.2. The summed E-state index contributed by atoms with van der Waals surface area (Å²) in [7, 11) is 1.34. The summed E-state index contributed by atoms with van der Waals surface area (Å²) < 4.78 is 4.62. The van der Waals surface area contributed by atoms with Crippen molar-refractivity contribution in [3.05, 3.63) is 18.6 Å². The molecule has 1 unspecified atom stereocenters. The number of hydrogen-bond donors (Lipinski definition) is 1. The number of carbonyl (C=O) groups excluding carboxylic acids is 1. The predicted molar refractivity (Wildman–Crippen MR) is 62.0 cm³/mol. The van der Waals surface area contributed by atoms with Crippen LogP contribution >= 0.6 is 11.8 Å². The van der Waals surface area contributed by atoms with Gasteiger partial charge in [-0.25, -0.2) is 9.97 Å². The maximum Gasteiger partial charge on any atom is 0.325 e. The largest absolute Gasteiger partial charge is 0.468 e. The van der Waals surface area contributed by atoms with Gasteiger partial charge in [0.25, 0.3) is 0 Å². The Morgan fingerprint density at radius 2 is 2.44 bits per heavy atom. The van der Waals surface area contributed by atoms with Crippen LogP contribution in [-0.4, -0.2) is 34.3 Å². The highest BCUT2D eigenvalue weighted by Gasteiger charge is 2.28. The molecule has 0 spiro atoms. The predicted octanol–water partition coefficient (Wildman–Crippen LogP) is 0.849. The van der Waals surface area contributed by atoms with Crippen molar-refractivity contribution in [2.45, 2.75) is 23.9 Å². The number of esters is 1. The van der Waals surface area contributed by atoms with Gasteiger partial charge in [-0.1, -0.05) is 0 Å². The van der Waals surface area contributed by atoms with E-state index in [4.69, 9.17) is 5.73 Å². The van der Waals surface area contributed by atoms with E-state index in [9.17, 15) is 4.79 Å². The highest BCUT2D eigenvalue weighted by Crippen LogP contribution is 2.18. The molecule has 0 aromatic carbocycles. The Kier molecular flexibility index (Phi) is 4.70. The quantitative estimate of drug-likeness (QED) is 0.468. The molecule has 1 atom stereocenters. The zero-order valence-electron chi connectivity index (χ0n) is 9.34. The highest BCUT2D eigenvalue weighted by atomic mass is 32.2. The van der Waals surface area contributed by atoms with Gasteiger partial charge in [0.15, 0.2) is 0 Å². The summed E-state index contributed by atoms with van der Waals surface area (Å²) in [5, 5.41) is 0.871. The summed E-state index contributed by atoms with van der Waals surface area (Å²) in [6, 6.07) is 1.82. The monoisotopic (exact) mass is 241 g/mol. The van der Waals surface area contributed by atoms with Crippen LogP contribution in [0, 0.1) is 0 Å². The van der Waals surface area contributed by atoms with Crippen molar-refractivity contribution in [3.63, 3.8) is 0 Å². The molecule has 0 bridgehead atoms. The van der Waals surface area contributed by atoms with Crippen molar-refractivity contribution in [1.29, 1.82) is 0 Å². The zero-order valence-corrected chi connectivity index (χ0v) is 10.2. The summed E-state index contributed by atoms with van der Waals surface area (Å²) >= 11 is 1.54. The third-order valence-electron chi connectivity index (χ3n) is 2.08. The number of nitrogens with two attached hydrogens (primary N) is 1. The van der Waals surface area contributed by atoms with Crippen LogP contribution in [0.2, 0.25) is 0 Å². The fourth-order valence-corrected chi connectivity index (χ4v) is 2.08. The molecule has 6 heteroatoms. The molecule has 0 aliphatic heterocycles. The van der Waals surface area contributed by atoms with Gasteiger partial charge in [-0.05, 0) is 19.4 Å². The number of methoxy groups -OCH3 is 1. The average Bonchev–Trinajstić information content (AvgIpc) is 2.29. The Bertz CT molecular complexity index is 343. The molecule has 2 N–H and O–H groups in total. The van der Waals surface area contributed by atoms with E-state index in [2.05, 4.69) is 14.7 Å². The average molecular weight is 241 g/mol. The Labute approximate surface area is 98.8 Å². The van der Waals surface area contributed by atoms with E-state index in [1.54, 1.807) is 13.1 Å². The maximum atomic E-state index is 11.3. The second-order valence-corrected chi connectivity index (χ2v) is 4.67. The minimum absolute atomic E-state index is 0.393. The third-order valence-corrected chi connectivity index (χ3v) is 3.02. The van der Waals surface area contributed by atoms with E-state index in [1.807, 2.05) is 6.07 Å². The third kappa shape index (κ3) is 3.79. The van der Waals surface area contributed by atoms with Crippen molar-refractivity contribution in [3.8, 4) is 0 Å². The molecule has 0 fully saturated rings. The van der Waals surface area contributed by atoms with Crippen LogP contribution in [0.15, 0.2) is 23.6 Å². The second-order valence-electron chi connectivity index (χ2n) is 3.56. The minimum Gasteiger partial charge on any atom is -0.468 e. The molecule has 0 amide bonds. The van der Waals surface area contributed by atoms with E-state index in [0.29, 0.717) is 12.2 Å². The number of hydrogen-bond acceptors (Lipinski definition) is 6. The standard InChI is InChI=1S/C10H15N3O2S/c1-10(11,9(14)15-2)4-6-16-8-3-5-12-7-13-8/h3,5,7H,4,6,11H2,1-2H3. The molecule has 0 radical (unpaired) electrons. The van der Waals surface area contributed by atoms with Gasteiger partial charge >= 0.3 is 5.97 Å². The van der Waals surface area contributed by atoms with Gasteiger partial charge in [-0.15, -0.1) is 11.8 Å². The summed E-state index contributed by atoms with van der Waals surface area (Å²) in [4.78, 5) is 19.2. The van der Waals surface area contributed by atoms with Crippen molar-refractivity contribution in [2.24, 2.45) is 5.73 Å². The minimum atomic E-state index is -0.936. The van der Waals surface area contributed by atoms with Crippen LogP contribution in [0.25, 0.3) is 0 Å². The molecule has 1 heterocycles. The van der Waals surface area contributed by atoms with Crippen LogP contribution in [0.1, 0.15) is 13.3 Å². The number of aromatic nitrogens is 2. The lowest BCUT2D eigenvalue weighted by Gasteiger charge is -2.20. The smallest absolute Gasteiger partial charge is 0.325 e. The van der Waals surface area contributed by atoms with E-state index in [1.165, 1.54) is 25.2 Å². The van der Waals surface area contributed by atoms with E-state index in [-0.39, 0.29) is 0 Å². The lowest BCUT2D eigenvalue weighted by molar-refractivity contribution is -0.146. The van der Waals surface area contributed by atoms with Gasteiger partial charge < -0.3 is 10.5 Å². The molecule has 0 saturated carbocycles. The van der Waals surface area contributed by atoms with Crippen LogP contribution in [0.4, 0.5) is 0 Å². The van der Waals surface area contributed by atoms with Crippen molar-refractivity contribution in [2.75, 3.05) is 12.9 Å². The molecule has 5 nitrogen and oxygen atoms in total. The number of ether oxygens (including phenoxy) is 1. The van der Waals surface area contributed by atoms with E-state index < -0.39 is 11.5 Å². The molecular weight excluding hydrogens is 226 g/mol. The Morgan fingerprint density at radius 3 is 3.00 bits per heavy atom. The molecule has 16 heavy (non-hydrogen) atoms. The lowest BCUT2D eigenvalue weighted by atomic mass is 10.0. The van der Waals surface area contributed by atoms with Gasteiger partial charge in [-0.3, -0.25) is 4.79 Å². The van der Waals surface area contributed by atoms with Gasteiger partial charge in [0, 0.05) is 11.9 Å². The maximum absolute atomic E-state index is 11.3. The fourth-order valence-electron chi connectivity index (χ4n) is 1.07. The summed E-state index contributed by atoms with van der Waals surface area (Å²) in [5.41, 5.74) is 4.88. The first-order valence-corrected chi connectivity index (χ1v) is 5.81. The Morgan fingerprint density at radius 1 is 1.69 bits per heavy atom. The first-order chi connectivity index (χ1) is 7.56. The molecule has 0 saturated heterocycles. The van der Waals surface area contributed by atoms with E-state index >= 15 is 0 Å². The van der Waals surface area contributed by atoms with Crippen molar-refractivity contribution < 1.29 is 9.53 Å². The molecule has 1 rings (SSSR count). The SMILES string of the molecule is COC(=O)C(C)(N)CCSc1ccncn1.